The predicted octanol–water partition coefficient (Wildman–Crippen LogP) is -0.937. The molecule has 2 fully saturated rings. The molecule has 2 aliphatic rings. The number of amides is 1. The summed E-state index contributed by atoms with van der Waals surface area (Å²) in [4.78, 5) is 10.8. The smallest absolute Gasteiger partial charge is 0.250 e. The molecular weight excluding hydrogens is 332 g/mol. The summed E-state index contributed by atoms with van der Waals surface area (Å²) in [6.07, 6.45) is -1.27. The largest absolute Gasteiger partial charge is 0.371 e. The minimum atomic E-state index is -3.59. The van der Waals surface area contributed by atoms with Gasteiger partial charge in [-0.2, -0.15) is 0 Å². The lowest BCUT2D eigenvalue weighted by Crippen LogP contribution is -2.44. The second-order valence-electron chi connectivity index (χ2n) is 5.07. The first-order valence-corrected chi connectivity index (χ1v) is 9.02. The lowest BCUT2D eigenvalue weighted by atomic mass is 10.1. The normalized spacial score (nSPS) is 31.3. The molecule has 1 aromatic rings. The van der Waals surface area contributed by atoms with Crippen LogP contribution in [0.5, 0.6) is 0 Å². The number of carbonyl (C=O) groups excluding carboxylic acids is 1. The Labute approximate surface area is 131 Å². The zero-order valence-electron chi connectivity index (χ0n) is 11.5. The molecule has 0 bridgehead atoms. The van der Waals surface area contributed by atoms with Crippen molar-refractivity contribution in [2.75, 3.05) is 19.8 Å². The van der Waals surface area contributed by atoms with E-state index >= 15 is 0 Å². The molecule has 122 valence electrons. The second kappa shape index (κ2) is 6.22. The van der Waals surface area contributed by atoms with Crippen molar-refractivity contribution in [1.82, 2.24) is 4.72 Å². The number of hydrogen-bond donors (Lipinski definition) is 2. The average Bonchev–Trinajstić information content (AvgIpc) is 3.14. The van der Waals surface area contributed by atoms with Gasteiger partial charge in [0.15, 0.2) is 0 Å². The number of primary amides is 1. The van der Waals surface area contributed by atoms with E-state index in [1.165, 1.54) is 6.07 Å². The molecule has 8 nitrogen and oxygen atoms in total. The first-order valence-electron chi connectivity index (χ1n) is 6.66. The van der Waals surface area contributed by atoms with Crippen LogP contribution >= 0.6 is 11.3 Å². The Bertz CT molecular complexity index is 632. The molecule has 10 heteroatoms. The Morgan fingerprint density at radius 3 is 2.86 bits per heavy atom. The second-order valence-corrected chi connectivity index (χ2v) is 7.96. The summed E-state index contributed by atoms with van der Waals surface area (Å²) < 4.78 is 43.8. The molecule has 1 aromatic heterocycles. The number of fused-ring (bicyclic) bond motifs is 1. The number of sulfonamides is 1. The lowest BCUT2D eigenvalue weighted by Gasteiger charge is -2.17. The van der Waals surface area contributed by atoms with Gasteiger partial charge in [-0.3, -0.25) is 4.79 Å². The van der Waals surface area contributed by atoms with Crippen LogP contribution in [0, 0.1) is 0 Å². The highest BCUT2D eigenvalue weighted by Gasteiger charge is 2.49. The van der Waals surface area contributed by atoms with Gasteiger partial charge in [-0.1, -0.05) is 6.07 Å². The van der Waals surface area contributed by atoms with Gasteiger partial charge >= 0.3 is 0 Å². The number of rotatable bonds is 6. The summed E-state index contributed by atoms with van der Waals surface area (Å²) in [5.74, 6) is -0.573. The molecule has 2 saturated heterocycles. The molecule has 4 atom stereocenters. The number of nitrogens with two attached hydrogens (primary N) is 1. The molecule has 1 amide bonds. The van der Waals surface area contributed by atoms with Crippen LogP contribution in [0.2, 0.25) is 0 Å². The van der Waals surface area contributed by atoms with Gasteiger partial charge in [-0.05, 0) is 11.4 Å². The van der Waals surface area contributed by atoms with Gasteiger partial charge in [0.25, 0.3) is 0 Å². The van der Waals surface area contributed by atoms with Crippen molar-refractivity contribution >= 4 is 27.3 Å². The number of hydrogen-bond acceptors (Lipinski definition) is 7. The van der Waals surface area contributed by atoms with E-state index in [9.17, 15) is 13.2 Å². The van der Waals surface area contributed by atoms with Crippen LogP contribution in [0.4, 0.5) is 0 Å². The van der Waals surface area contributed by atoms with Crippen LogP contribution in [0.25, 0.3) is 0 Å². The lowest BCUT2D eigenvalue weighted by molar-refractivity contribution is -0.126. The molecule has 22 heavy (non-hydrogen) atoms. The van der Waals surface area contributed by atoms with E-state index in [2.05, 4.69) is 4.72 Å². The fourth-order valence-corrected chi connectivity index (χ4v) is 4.81. The van der Waals surface area contributed by atoms with E-state index in [-0.39, 0.29) is 24.0 Å². The van der Waals surface area contributed by atoms with Crippen LogP contribution in [0.15, 0.2) is 21.7 Å². The minimum absolute atomic E-state index is 0.191. The zero-order valence-corrected chi connectivity index (χ0v) is 13.1. The SMILES string of the molecule is NC(=O)CO[C@@H]1CO[C@H]2[C@H]1OC[C@H]2NS(=O)(=O)c1cccs1. The van der Waals surface area contributed by atoms with Crippen molar-refractivity contribution < 1.29 is 27.4 Å². The van der Waals surface area contributed by atoms with Gasteiger partial charge in [-0.25, -0.2) is 13.1 Å². The van der Waals surface area contributed by atoms with Crippen molar-refractivity contribution in [3.63, 3.8) is 0 Å². The van der Waals surface area contributed by atoms with Crippen LogP contribution in [-0.4, -0.2) is 58.5 Å². The van der Waals surface area contributed by atoms with Crippen molar-refractivity contribution in [2.24, 2.45) is 5.73 Å². The minimum Gasteiger partial charge on any atom is -0.371 e. The topological polar surface area (TPSA) is 117 Å². The maximum Gasteiger partial charge on any atom is 0.250 e. The Hall–Kier alpha value is -1.04. The third kappa shape index (κ3) is 3.16. The van der Waals surface area contributed by atoms with E-state index in [0.717, 1.165) is 11.3 Å². The third-order valence-corrected chi connectivity index (χ3v) is 6.40. The molecular formula is C12H16N2O6S2. The predicted molar refractivity (Wildman–Crippen MR) is 76.8 cm³/mol. The van der Waals surface area contributed by atoms with E-state index in [1.54, 1.807) is 11.4 Å². The zero-order chi connectivity index (χ0) is 15.7. The number of ether oxygens (including phenoxy) is 3. The summed E-state index contributed by atoms with van der Waals surface area (Å²) >= 11 is 1.14. The van der Waals surface area contributed by atoms with Crippen molar-refractivity contribution in [2.45, 2.75) is 28.6 Å². The van der Waals surface area contributed by atoms with Crippen molar-refractivity contribution in [3.8, 4) is 0 Å². The Kier molecular flexibility index (Phi) is 4.48. The van der Waals surface area contributed by atoms with Gasteiger partial charge in [0, 0.05) is 0 Å². The average molecular weight is 348 g/mol. The van der Waals surface area contributed by atoms with E-state index < -0.39 is 40.3 Å². The molecule has 3 N–H and O–H groups in total. The number of nitrogens with one attached hydrogen (secondary N) is 1. The molecule has 3 rings (SSSR count). The Balaban J connectivity index is 1.63. The van der Waals surface area contributed by atoms with E-state index in [4.69, 9.17) is 19.9 Å². The highest BCUT2D eigenvalue weighted by Crippen LogP contribution is 2.30. The first-order chi connectivity index (χ1) is 10.5. The van der Waals surface area contributed by atoms with Crippen LogP contribution in [-0.2, 0) is 29.0 Å². The fourth-order valence-electron chi connectivity index (χ4n) is 2.57. The highest BCUT2D eigenvalue weighted by atomic mass is 32.2. The molecule has 0 aliphatic carbocycles. The van der Waals surface area contributed by atoms with Gasteiger partial charge in [0.1, 0.15) is 29.1 Å². The van der Waals surface area contributed by atoms with Crippen LogP contribution in [0.3, 0.4) is 0 Å². The Morgan fingerprint density at radius 1 is 1.41 bits per heavy atom. The monoisotopic (exact) mass is 348 g/mol. The maximum absolute atomic E-state index is 12.2. The molecule has 0 unspecified atom stereocenters. The van der Waals surface area contributed by atoms with Gasteiger partial charge in [0.2, 0.25) is 15.9 Å². The van der Waals surface area contributed by atoms with Gasteiger partial charge in [-0.15, -0.1) is 11.3 Å². The van der Waals surface area contributed by atoms with E-state index in [0.29, 0.717) is 0 Å². The third-order valence-electron chi connectivity index (χ3n) is 3.51. The van der Waals surface area contributed by atoms with Crippen LogP contribution in [0.1, 0.15) is 0 Å². The fraction of sp³-hybridized carbons (Fsp3) is 0.583. The van der Waals surface area contributed by atoms with Gasteiger partial charge in [0.05, 0.1) is 19.3 Å². The van der Waals surface area contributed by atoms with Crippen LogP contribution < -0.4 is 10.5 Å². The molecule has 0 spiro atoms. The molecule has 3 heterocycles. The molecule has 2 aliphatic heterocycles. The summed E-state index contributed by atoms with van der Waals surface area (Å²) in [6.45, 7) is 0.211. The quantitative estimate of drug-likeness (QED) is 0.685. The maximum atomic E-state index is 12.2. The molecule has 0 radical (unpaired) electrons. The summed E-state index contributed by atoms with van der Waals surface area (Å²) in [5, 5.41) is 1.70. The Morgan fingerprint density at radius 2 is 2.18 bits per heavy atom. The first kappa shape index (κ1) is 15.8. The number of thiophene rings is 1. The summed E-state index contributed by atoms with van der Waals surface area (Å²) in [5.41, 5.74) is 5.04. The standard InChI is InChI=1S/C12H16N2O6S2/c13-9(15)6-18-8-5-20-11-7(4-19-12(8)11)14-22(16,17)10-2-1-3-21-10/h1-3,7-8,11-12,14H,4-6H2,(H2,13,15)/t7-,8-,11-,12+/m1/s1. The number of carbonyl (C=O) groups is 1. The van der Waals surface area contributed by atoms with Crippen molar-refractivity contribution in [3.05, 3.63) is 17.5 Å². The van der Waals surface area contributed by atoms with E-state index in [1.807, 2.05) is 0 Å². The highest BCUT2D eigenvalue weighted by molar-refractivity contribution is 7.91. The van der Waals surface area contributed by atoms with Gasteiger partial charge < -0.3 is 19.9 Å². The molecule has 0 aromatic carbocycles. The summed E-state index contributed by atoms with van der Waals surface area (Å²) in [7, 11) is -3.59. The summed E-state index contributed by atoms with van der Waals surface area (Å²) in [6, 6.07) is 2.72. The van der Waals surface area contributed by atoms with Crippen molar-refractivity contribution in [1.29, 1.82) is 0 Å². The molecule has 0 saturated carbocycles.